The van der Waals surface area contributed by atoms with E-state index in [4.69, 9.17) is 28.1 Å². The van der Waals surface area contributed by atoms with Crippen molar-refractivity contribution in [2.45, 2.75) is 30.7 Å². The van der Waals surface area contributed by atoms with Crippen LogP contribution in [0.5, 0.6) is 40.2 Å². The van der Waals surface area contributed by atoms with Gasteiger partial charge in [0.1, 0.15) is 47.7 Å². The lowest BCUT2D eigenvalue weighted by atomic mass is 9.99. The first kappa shape index (κ1) is 32.9. The number of aliphatic hydroxyl groups is 3. The molecule has 1 aliphatic rings. The van der Waals surface area contributed by atoms with E-state index in [0.29, 0.717) is 5.56 Å². The minimum atomic E-state index is -1.95. The summed E-state index contributed by atoms with van der Waals surface area (Å²) in [5.74, 6) is -3.86. The molecular weight excluding hydrogens is 624 g/mol. The molecule has 1 fully saturated rings. The van der Waals surface area contributed by atoms with Gasteiger partial charge in [-0.15, -0.1) is 0 Å². The SMILES string of the molecule is COc1cc(-c2oc3cc(O)c(OC)c(O)c3c(=O)c2O[C@@H]2O[C@H](COC(=O)/C=C/c3ccc(O)cc3)[C@@H](O)[C@H](O)[C@H]2O)ccc1O. The minimum absolute atomic E-state index is 0.0227. The molecule has 0 spiro atoms. The first-order chi connectivity index (χ1) is 22.4. The third-order valence-corrected chi connectivity index (χ3v) is 7.29. The summed E-state index contributed by atoms with van der Waals surface area (Å²) in [6.07, 6.45) is -6.45. The molecule has 7 N–H and O–H groups in total. The average Bonchev–Trinajstić information content (AvgIpc) is 3.05. The molecule has 1 saturated heterocycles. The zero-order valence-electron chi connectivity index (χ0n) is 24.8. The highest BCUT2D eigenvalue weighted by Crippen LogP contribution is 2.44. The van der Waals surface area contributed by atoms with Gasteiger partial charge in [0.05, 0.1) is 14.2 Å². The Balaban J connectivity index is 1.48. The lowest BCUT2D eigenvalue weighted by molar-refractivity contribution is -0.278. The molecule has 1 aromatic heterocycles. The monoisotopic (exact) mass is 654 g/mol. The Morgan fingerprint density at radius 1 is 0.872 bits per heavy atom. The van der Waals surface area contributed by atoms with Crippen molar-refractivity contribution in [3.8, 4) is 51.6 Å². The number of benzene rings is 3. The van der Waals surface area contributed by atoms with E-state index in [1.54, 1.807) is 12.1 Å². The summed E-state index contributed by atoms with van der Waals surface area (Å²) >= 11 is 0. The molecule has 248 valence electrons. The van der Waals surface area contributed by atoms with Crippen molar-refractivity contribution in [3.05, 3.63) is 70.4 Å². The Bertz CT molecular complexity index is 1860. The highest BCUT2D eigenvalue weighted by Gasteiger charge is 2.46. The van der Waals surface area contributed by atoms with Crippen molar-refractivity contribution in [3.63, 3.8) is 0 Å². The van der Waals surface area contributed by atoms with Crippen LogP contribution in [0.1, 0.15) is 5.56 Å². The number of ether oxygens (including phenoxy) is 5. The predicted octanol–water partition coefficient (Wildman–Crippen LogP) is 1.74. The van der Waals surface area contributed by atoms with Crippen LogP contribution in [0, 0.1) is 0 Å². The molecule has 5 rings (SSSR count). The van der Waals surface area contributed by atoms with Gasteiger partial charge in [-0.3, -0.25) is 4.79 Å². The first-order valence-electron chi connectivity index (χ1n) is 13.9. The van der Waals surface area contributed by atoms with Crippen LogP contribution in [-0.2, 0) is 14.3 Å². The fraction of sp³-hybridized carbons (Fsp3) is 0.250. The molecule has 0 unspecified atom stereocenters. The van der Waals surface area contributed by atoms with Gasteiger partial charge in [0.15, 0.2) is 28.8 Å². The number of hydrogen-bond acceptors (Lipinski definition) is 15. The maximum Gasteiger partial charge on any atom is 0.330 e. The van der Waals surface area contributed by atoms with Gasteiger partial charge < -0.3 is 63.8 Å². The second-order valence-electron chi connectivity index (χ2n) is 10.3. The summed E-state index contributed by atoms with van der Waals surface area (Å²) in [7, 11) is 2.43. The second-order valence-corrected chi connectivity index (χ2v) is 10.3. The number of phenols is 4. The van der Waals surface area contributed by atoms with Crippen LogP contribution in [-0.4, -0.2) is 93.2 Å². The molecule has 1 aliphatic heterocycles. The third kappa shape index (κ3) is 6.59. The number of esters is 1. The van der Waals surface area contributed by atoms with E-state index in [-0.39, 0.29) is 34.2 Å². The minimum Gasteiger partial charge on any atom is -0.508 e. The quantitative estimate of drug-likeness (QED) is 0.101. The van der Waals surface area contributed by atoms with Crippen LogP contribution < -0.4 is 19.6 Å². The number of aromatic hydroxyl groups is 4. The molecule has 15 heteroatoms. The molecule has 47 heavy (non-hydrogen) atoms. The van der Waals surface area contributed by atoms with Crippen LogP contribution in [0.4, 0.5) is 0 Å². The molecule has 0 radical (unpaired) electrons. The number of hydrogen-bond donors (Lipinski definition) is 7. The fourth-order valence-electron chi connectivity index (χ4n) is 4.83. The van der Waals surface area contributed by atoms with E-state index in [9.17, 15) is 45.3 Å². The molecular formula is C32H30O15. The zero-order valence-corrected chi connectivity index (χ0v) is 24.8. The molecule has 0 aliphatic carbocycles. The molecule has 0 saturated carbocycles. The predicted molar refractivity (Wildman–Crippen MR) is 161 cm³/mol. The Kier molecular flexibility index (Phi) is 9.44. The molecule has 0 bridgehead atoms. The lowest BCUT2D eigenvalue weighted by Gasteiger charge is -2.39. The highest BCUT2D eigenvalue weighted by atomic mass is 16.7. The molecule has 2 heterocycles. The van der Waals surface area contributed by atoms with Crippen molar-refractivity contribution in [1.29, 1.82) is 0 Å². The largest absolute Gasteiger partial charge is 0.508 e. The first-order valence-corrected chi connectivity index (χ1v) is 13.9. The van der Waals surface area contributed by atoms with Crippen molar-refractivity contribution < 1.29 is 68.6 Å². The Morgan fingerprint density at radius 2 is 1.60 bits per heavy atom. The van der Waals surface area contributed by atoms with Crippen molar-refractivity contribution in [2.24, 2.45) is 0 Å². The van der Waals surface area contributed by atoms with E-state index >= 15 is 0 Å². The number of methoxy groups -OCH3 is 2. The number of aliphatic hydroxyl groups excluding tert-OH is 3. The van der Waals surface area contributed by atoms with Crippen LogP contribution in [0.3, 0.4) is 0 Å². The summed E-state index contributed by atoms with van der Waals surface area (Å²) in [5, 5.41) is 72.0. The second kappa shape index (κ2) is 13.5. The van der Waals surface area contributed by atoms with Gasteiger partial charge in [-0.25, -0.2) is 4.79 Å². The van der Waals surface area contributed by atoms with Crippen LogP contribution in [0.2, 0.25) is 0 Å². The van der Waals surface area contributed by atoms with Crippen LogP contribution in [0.15, 0.2) is 63.8 Å². The van der Waals surface area contributed by atoms with Gasteiger partial charge in [-0.05, 0) is 42.0 Å². The summed E-state index contributed by atoms with van der Waals surface area (Å²) in [5.41, 5.74) is -0.648. The molecule has 0 amide bonds. The number of carbonyl (C=O) groups is 1. The summed E-state index contributed by atoms with van der Waals surface area (Å²) in [6, 6.07) is 10.8. The lowest BCUT2D eigenvalue weighted by Crippen LogP contribution is -2.60. The standard InChI is InChI=1S/C32H30O15/c1-42-19-11-15(6-9-17(19)34)29-31(26(39)23-20(45-29)12-18(35)30(43-2)25(23)38)47-32-28(41)27(40)24(37)21(46-32)13-44-22(36)10-5-14-3-7-16(33)8-4-14/h3-12,21,24,27-28,32-35,37-38,40-41H,13H2,1-2H3/b10-5+/t21-,24-,27+,28-,32+/m1/s1. The topological polar surface area (TPSA) is 235 Å². The number of rotatable bonds is 9. The molecule has 3 aromatic carbocycles. The average molecular weight is 655 g/mol. The van der Waals surface area contributed by atoms with Gasteiger partial charge >= 0.3 is 5.97 Å². The fourth-order valence-corrected chi connectivity index (χ4v) is 4.83. The van der Waals surface area contributed by atoms with Gasteiger partial charge in [0, 0.05) is 17.7 Å². The summed E-state index contributed by atoms with van der Waals surface area (Å²) in [6.45, 7) is -0.616. The Morgan fingerprint density at radius 3 is 2.28 bits per heavy atom. The number of fused-ring (bicyclic) bond motifs is 1. The van der Waals surface area contributed by atoms with Crippen LogP contribution >= 0.6 is 0 Å². The maximum absolute atomic E-state index is 13.9. The van der Waals surface area contributed by atoms with E-state index in [2.05, 4.69) is 0 Å². The van der Waals surface area contributed by atoms with E-state index in [0.717, 1.165) is 19.3 Å². The van der Waals surface area contributed by atoms with E-state index in [1.165, 1.54) is 43.5 Å². The molecule has 5 atom stereocenters. The van der Waals surface area contributed by atoms with E-state index < -0.39 is 77.1 Å². The van der Waals surface area contributed by atoms with Crippen molar-refractivity contribution >= 4 is 23.0 Å². The number of phenolic OH excluding ortho intramolecular Hbond substituents is 4. The van der Waals surface area contributed by atoms with Crippen molar-refractivity contribution in [2.75, 3.05) is 20.8 Å². The van der Waals surface area contributed by atoms with Gasteiger partial charge in [-0.2, -0.15) is 0 Å². The highest BCUT2D eigenvalue weighted by molar-refractivity contribution is 5.91. The third-order valence-electron chi connectivity index (χ3n) is 7.29. The van der Waals surface area contributed by atoms with Gasteiger partial charge in [-0.1, -0.05) is 12.1 Å². The Hall–Kier alpha value is -5.48. The Labute approximate surface area is 265 Å². The maximum atomic E-state index is 13.9. The molecule has 15 nitrogen and oxygen atoms in total. The van der Waals surface area contributed by atoms with Crippen LogP contribution in [0.25, 0.3) is 28.4 Å². The van der Waals surface area contributed by atoms with Gasteiger partial charge in [0.25, 0.3) is 0 Å². The van der Waals surface area contributed by atoms with Gasteiger partial charge in [0.2, 0.25) is 23.2 Å². The summed E-state index contributed by atoms with van der Waals surface area (Å²) in [4.78, 5) is 26.2. The molecule has 4 aromatic rings. The zero-order chi connectivity index (χ0) is 34.0. The normalized spacial score (nSPS) is 21.1. The van der Waals surface area contributed by atoms with Crippen molar-refractivity contribution in [1.82, 2.24) is 0 Å². The smallest absolute Gasteiger partial charge is 0.330 e. The summed E-state index contributed by atoms with van der Waals surface area (Å²) < 4.78 is 32.6. The number of carbonyl (C=O) groups excluding carboxylic acids is 1. The van der Waals surface area contributed by atoms with E-state index in [1.807, 2.05) is 0 Å².